The third kappa shape index (κ3) is 4.14. The van der Waals surface area contributed by atoms with Gasteiger partial charge in [-0.25, -0.2) is 13.1 Å². The highest BCUT2D eigenvalue weighted by Crippen LogP contribution is 2.29. The standard InChI is InChI=1S/C20H21N3O5S2/c1-10-8-11(2)17(15(9-10)14(5)24)21-19(25)18-16(6-7-29-18)30(26,27)23-20-12(3)13(4)22-28-20/h6-9,23H,1-5H3,(H,21,25)/i1D3,2D3,3D3,9D/hD2. The van der Waals surface area contributed by atoms with Crippen LogP contribution in [0.4, 0.5) is 11.6 Å². The molecule has 2 aromatic heterocycles. The van der Waals surface area contributed by atoms with Crippen molar-refractivity contribution in [3.63, 3.8) is 0 Å². The number of carbonyl (C=O) groups excluding carboxylic acids is 2. The van der Waals surface area contributed by atoms with Gasteiger partial charge in [0.15, 0.2) is 8.61 Å². The largest absolute Gasteiger partial charge is 0.337 e. The average molecular weight is 460 g/mol. The van der Waals surface area contributed by atoms with Gasteiger partial charge < -0.3 is 9.83 Å². The van der Waals surface area contributed by atoms with E-state index in [1.807, 2.05) is 0 Å². The van der Waals surface area contributed by atoms with Gasteiger partial charge in [0.25, 0.3) is 15.9 Å². The van der Waals surface area contributed by atoms with E-state index in [2.05, 4.69) is 5.16 Å². The molecular weight excluding hydrogens is 426 g/mol. The molecule has 0 bridgehead atoms. The number of sulfonamides is 1. The van der Waals surface area contributed by atoms with Crippen LogP contribution in [0.5, 0.6) is 0 Å². The molecule has 0 fully saturated rings. The third-order valence-corrected chi connectivity index (χ3v) is 6.09. The number of thiophene rings is 1. The first kappa shape index (κ1) is 10.9. The lowest BCUT2D eigenvalue weighted by Gasteiger charge is -2.14. The lowest BCUT2D eigenvalue weighted by molar-refractivity contribution is 0.101. The molecule has 8 nitrogen and oxygen atoms in total. The van der Waals surface area contributed by atoms with Crippen molar-refractivity contribution in [3.8, 4) is 0 Å². The highest BCUT2D eigenvalue weighted by Gasteiger charge is 2.27. The van der Waals surface area contributed by atoms with Crippen LogP contribution in [0.2, 0.25) is 2.82 Å². The minimum Gasteiger partial charge on any atom is -0.337 e. The topological polar surface area (TPSA) is 118 Å². The van der Waals surface area contributed by atoms with Gasteiger partial charge in [-0.3, -0.25) is 9.59 Å². The van der Waals surface area contributed by atoms with Crippen LogP contribution in [0.25, 0.3) is 0 Å². The number of anilines is 2. The molecule has 2 heterocycles. The predicted molar refractivity (Wildman–Crippen MR) is 115 cm³/mol. The number of aryl methyl sites for hydroxylation is 3. The maximum atomic E-state index is 13.5. The molecule has 158 valence electrons. The van der Waals surface area contributed by atoms with Gasteiger partial charge in [0.1, 0.15) is 9.77 Å². The number of nitrogens with zero attached hydrogens (tertiary/aromatic N) is 1. The number of rotatable bonds is 6. The Morgan fingerprint density at radius 1 is 1.33 bits per heavy atom. The van der Waals surface area contributed by atoms with Crippen molar-refractivity contribution in [3.05, 3.63) is 56.4 Å². The molecule has 0 saturated carbocycles. The Bertz CT molecular complexity index is 1670. The summed E-state index contributed by atoms with van der Waals surface area (Å²) in [5.41, 5.74) is -4.49. The summed E-state index contributed by atoms with van der Waals surface area (Å²) in [6.07, 6.45) is 0. The number of hydrogen-bond donors (Lipinski definition) is 2. The monoisotopic (exact) mass is 459 g/mol. The summed E-state index contributed by atoms with van der Waals surface area (Å²) in [4.78, 5) is 24.4. The van der Waals surface area contributed by atoms with Gasteiger partial charge in [-0.15, -0.1) is 11.3 Å². The summed E-state index contributed by atoms with van der Waals surface area (Å²) >= 11 is 0.454. The first-order valence-electron chi connectivity index (χ1n) is 13.9. The summed E-state index contributed by atoms with van der Waals surface area (Å²) in [5, 5.41) is 4.36. The molecule has 3 rings (SSSR count). The van der Waals surface area contributed by atoms with Crippen LogP contribution in [0.15, 0.2) is 33.0 Å². The minimum atomic E-state index is -5.10. The fourth-order valence-electron chi connectivity index (χ4n) is 2.34. The van der Waals surface area contributed by atoms with Crippen molar-refractivity contribution in [2.24, 2.45) is 0 Å². The third-order valence-electron chi connectivity index (χ3n) is 3.75. The molecule has 0 aliphatic heterocycles. The second-order valence-corrected chi connectivity index (χ2v) is 8.41. The maximum Gasteiger partial charge on any atom is 0.267 e. The quantitative estimate of drug-likeness (QED) is 0.533. The second-order valence-electron chi connectivity index (χ2n) is 5.92. The van der Waals surface area contributed by atoms with Crippen LogP contribution < -0.4 is 10.0 Å². The molecule has 0 atom stereocenters. The highest BCUT2D eigenvalue weighted by molar-refractivity contribution is 7.93. The van der Waals surface area contributed by atoms with Gasteiger partial charge in [0.05, 0.1) is 12.8 Å². The van der Waals surface area contributed by atoms with E-state index in [0.29, 0.717) is 17.4 Å². The number of nitrogens with one attached hydrogen (secondary N) is 2. The van der Waals surface area contributed by atoms with Crippen molar-refractivity contribution >= 4 is 44.6 Å². The fourth-order valence-corrected chi connectivity index (χ4v) is 4.56. The number of benzene rings is 1. The van der Waals surface area contributed by atoms with Gasteiger partial charge in [0.2, 0.25) is 5.88 Å². The van der Waals surface area contributed by atoms with Gasteiger partial charge >= 0.3 is 0 Å². The Morgan fingerprint density at radius 3 is 2.80 bits per heavy atom. The smallest absolute Gasteiger partial charge is 0.267 e. The van der Waals surface area contributed by atoms with Crippen LogP contribution in [0, 0.1) is 27.5 Å². The van der Waals surface area contributed by atoms with Crippen molar-refractivity contribution in [2.45, 2.75) is 39.3 Å². The van der Waals surface area contributed by atoms with Crippen LogP contribution in [0.1, 0.15) is 63.0 Å². The van der Waals surface area contributed by atoms with E-state index < -0.39 is 91.9 Å². The zero-order valence-corrected chi connectivity index (χ0v) is 17.1. The van der Waals surface area contributed by atoms with Crippen molar-refractivity contribution in [2.75, 3.05) is 10.0 Å². The van der Waals surface area contributed by atoms with E-state index in [1.54, 1.807) is 0 Å². The number of carbonyl (C=O) groups is 2. The summed E-state index contributed by atoms with van der Waals surface area (Å²) < 4.78 is 126. The molecule has 30 heavy (non-hydrogen) atoms. The SMILES string of the molecule is [2H]c1c(C([2H])([2H])[2H])cc(C([2H])([2H])[2H])c(N([2H])C(=O)c2sccc2S(=O)(=O)N([2H])c2onc(C)c2C([2H])([2H])[2H])c1C(C)=O. The molecule has 0 saturated heterocycles. The summed E-state index contributed by atoms with van der Waals surface area (Å²) in [7, 11) is -5.10. The molecule has 0 radical (unpaired) electrons. The Balaban J connectivity index is 2.23. The second kappa shape index (κ2) is 8.04. The van der Waals surface area contributed by atoms with E-state index in [9.17, 15) is 18.0 Å². The van der Waals surface area contributed by atoms with E-state index in [1.165, 1.54) is 6.92 Å². The molecule has 10 heteroatoms. The normalized spacial score (nSPS) is 18.5. The summed E-state index contributed by atoms with van der Waals surface area (Å²) in [5.74, 6) is -3.55. The van der Waals surface area contributed by atoms with Crippen molar-refractivity contribution in [1.82, 2.24) is 5.16 Å². The first-order chi connectivity index (χ1) is 18.9. The van der Waals surface area contributed by atoms with Crippen molar-refractivity contribution in [1.29, 1.82) is 0 Å². The maximum absolute atomic E-state index is 13.5. The molecule has 1 amide bonds. The number of hydrogen-bond acceptors (Lipinski definition) is 7. The highest BCUT2D eigenvalue weighted by atomic mass is 32.2. The molecule has 3 aromatic rings. The lowest BCUT2D eigenvalue weighted by atomic mass is 10.0. The van der Waals surface area contributed by atoms with E-state index in [0.717, 1.165) is 18.4 Å². The lowest BCUT2D eigenvalue weighted by Crippen LogP contribution is -2.20. The Kier molecular flexibility index (Phi) is 2.91. The Hall–Kier alpha value is -2.98. The molecule has 0 aliphatic rings. The molecule has 1 aromatic carbocycles. The fraction of sp³-hybridized carbons (Fsp3) is 0.250. The number of aromatic nitrogens is 1. The van der Waals surface area contributed by atoms with Gasteiger partial charge in [-0.05, 0) is 63.0 Å². The predicted octanol–water partition coefficient (Wildman–Crippen LogP) is 4.23. The van der Waals surface area contributed by atoms with Gasteiger partial charge in [-0.1, -0.05) is 11.2 Å². The zero-order valence-electron chi connectivity index (χ0n) is 27.4. The summed E-state index contributed by atoms with van der Waals surface area (Å²) in [6.45, 7) is -7.12. The number of Topliss-reactive ketones (excluding diaryl/α,β-unsaturated/α-hetero) is 1. The van der Waals surface area contributed by atoms with Crippen LogP contribution >= 0.6 is 11.3 Å². The van der Waals surface area contributed by atoms with E-state index >= 15 is 0 Å². The van der Waals surface area contributed by atoms with Gasteiger partial charge in [-0.2, -0.15) is 0 Å². The molecule has 0 spiro atoms. The van der Waals surface area contributed by atoms with Crippen LogP contribution in [-0.2, 0) is 10.0 Å². The Morgan fingerprint density at radius 2 is 2.13 bits per heavy atom. The molecule has 2 N–H and O–H groups in total. The zero-order chi connectivity index (χ0) is 32.3. The summed E-state index contributed by atoms with van der Waals surface area (Å²) in [6, 6.07) is 0.481. The van der Waals surface area contributed by atoms with Gasteiger partial charge in [0, 0.05) is 23.5 Å². The minimum absolute atomic E-state index is 0.134. The molecule has 0 unspecified atom stereocenters. The van der Waals surface area contributed by atoms with E-state index in [4.69, 9.17) is 21.1 Å². The number of amides is 1. The van der Waals surface area contributed by atoms with E-state index in [-0.39, 0.29) is 15.7 Å². The number of ketones is 1. The Labute approximate surface area is 195 Å². The molecule has 0 aliphatic carbocycles. The first-order valence-corrected chi connectivity index (χ1v) is 10.4. The van der Waals surface area contributed by atoms with Crippen LogP contribution in [-0.4, -0.2) is 25.3 Å². The average Bonchev–Trinajstić information content (AvgIpc) is 3.47. The van der Waals surface area contributed by atoms with Crippen molar-refractivity contribution < 1.29 is 39.1 Å². The van der Waals surface area contributed by atoms with Crippen LogP contribution in [0.3, 0.4) is 0 Å². The molecular formula is C20H21N3O5S2.